The van der Waals surface area contributed by atoms with Crippen LogP contribution in [-0.4, -0.2) is 4.57 Å². The largest absolute Gasteiger partial charge is 0.325 e. The number of rotatable bonds is 1. The number of nitrogens with zero attached hydrogens (tertiary/aromatic N) is 2. The van der Waals surface area contributed by atoms with Crippen LogP contribution < -0.4 is 0 Å². The lowest BCUT2D eigenvalue weighted by molar-refractivity contribution is 0.378. The van der Waals surface area contributed by atoms with Crippen LogP contribution in [0.5, 0.6) is 0 Å². The lowest BCUT2D eigenvalue weighted by Crippen LogP contribution is -1.84. The van der Waals surface area contributed by atoms with Crippen molar-refractivity contribution in [3.05, 3.63) is 24.0 Å². The molecule has 0 aliphatic heterocycles. The summed E-state index contributed by atoms with van der Waals surface area (Å²) in [5, 5.41) is 8.26. The van der Waals surface area contributed by atoms with Crippen LogP contribution in [0, 0.1) is 11.3 Å². The Morgan fingerprint density at radius 1 is 1.78 bits per heavy atom. The smallest absolute Gasteiger partial charge is 0.165 e. The highest BCUT2D eigenvalue weighted by Gasteiger charge is 1.91. The molecule has 0 atom stereocenters. The van der Waals surface area contributed by atoms with E-state index in [0.29, 0.717) is 5.56 Å². The Balaban J connectivity index is 2.90. The Kier molecular flexibility index (Phi) is 1.50. The van der Waals surface area contributed by atoms with Crippen LogP contribution in [0.2, 0.25) is 0 Å². The van der Waals surface area contributed by atoms with E-state index in [0.717, 1.165) is 0 Å². The first kappa shape index (κ1) is 5.83. The van der Waals surface area contributed by atoms with Gasteiger partial charge in [0.25, 0.3) is 0 Å². The van der Waals surface area contributed by atoms with Gasteiger partial charge in [0.1, 0.15) is 6.07 Å². The molecule has 2 nitrogen and oxygen atoms in total. The van der Waals surface area contributed by atoms with E-state index in [9.17, 15) is 4.39 Å². The third kappa shape index (κ3) is 1.08. The normalized spacial score (nSPS) is 8.89. The fourth-order valence-electron chi connectivity index (χ4n) is 0.581. The summed E-state index contributed by atoms with van der Waals surface area (Å²) < 4.78 is 13.0. The third-order valence-corrected chi connectivity index (χ3v) is 1.02. The molecule has 0 N–H and O–H groups in total. The van der Waals surface area contributed by atoms with Gasteiger partial charge in [0.15, 0.2) is 6.80 Å². The second kappa shape index (κ2) is 2.31. The van der Waals surface area contributed by atoms with Crippen molar-refractivity contribution in [1.29, 1.82) is 5.26 Å². The Bertz CT molecular complexity index is 233. The van der Waals surface area contributed by atoms with Gasteiger partial charge in [0, 0.05) is 12.4 Å². The van der Waals surface area contributed by atoms with Crippen molar-refractivity contribution in [1.82, 2.24) is 4.57 Å². The third-order valence-electron chi connectivity index (χ3n) is 1.02. The predicted molar refractivity (Wildman–Crippen MR) is 30.3 cm³/mol. The van der Waals surface area contributed by atoms with Crippen LogP contribution in [0.4, 0.5) is 4.39 Å². The van der Waals surface area contributed by atoms with Crippen LogP contribution in [0.3, 0.4) is 0 Å². The summed E-state index contributed by atoms with van der Waals surface area (Å²) in [5.74, 6) is 0. The molecule has 1 rings (SSSR count). The number of alkyl halides is 1. The standard InChI is InChI=1S/C6H5FN2/c7-5-9-2-1-6(3-8)4-9/h1-2,4H,5H2. The van der Waals surface area contributed by atoms with E-state index in [-0.39, 0.29) is 0 Å². The Morgan fingerprint density at radius 3 is 2.89 bits per heavy atom. The van der Waals surface area contributed by atoms with Crippen molar-refractivity contribution in [2.45, 2.75) is 6.80 Å². The Morgan fingerprint density at radius 2 is 2.56 bits per heavy atom. The minimum atomic E-state index is -0.568. The van der Waals surface area contributed by atoms with Gasteiger partial charge >= 0.3 is 0 Å². The molecule has 0 aromatic carbocycles. The zero-order chi connectivity index (χ0) is 6.69. The summed E-state index contributed by atoms with van der Waals surface area (Å²) in [6.07, 6.45) is 2.98. The molecule has 0 radical (unpaired) electrons. The average Bonchev–Trinajstić information content (AvgIpc) is 2.34. The second-order valence-electron chi connectivity index (χ2n) is 1.65. The lowest BCUT2D eigenvalue weighted by atomic mass is 10.4. The Hall–Kier alpha value is -1.30. The van der Waals surface area contributed by atoms with Crippen molar-refractivity contribution in [3.8, 4) is 6.07 Å². The maximum atomic E-state index is 11.7. The number of aromatic nitrogens is 1. The fourth-order valence-corrected chi connectivity index (χ4v) is 0.581. The van der Waals surface area contributed by atoms with E-state index in [1.54, 1.807) is 6.07 Å². The van der Waals surface area contributed by atoms with Crippen LogP contribution in [-0.2, 0) is 6.80 Å². The summed E-state index contributed by atoms with van der Waals surface area (Å²) in [4.78, 5) is 0. The molecular weight excluding hydrogens is 119 g/mol. The molecule has 1 aromatic rings. The zero-order valence-corrected chi connectivity index (χ0v) is 4.71. The van der Waals surface area contributed by atoms with Gasteiger partial charge in [-0.2, -0.15) is 5.26 Å². The molecular formula is C6H5FN2. The highest BCUT2D eigenvalue weighted by molar-refractivity contribution is 5.25. The monoisotopic (exact) mass is 124 g/mol. The van der Waals surface area contributed by atoms with Gasteiger partial charge < -0.3 is 4.57 Å². The fraction of sp³-hybridized carbons (Fsp3) is 0.167. The molecule has 0 aliphatic carbocycles. The molecule has 0 aliphatic rings. The van der Waals surface area contributed by atoms with Crippen molar-refractivity contribution < 1.29 is 4.39 Å². The van der Waals surface area contributed by atoms with Crippen LogP contribution in [0.15, 0.2) is 18.5 Å². The van der Waals surface area contributed by atoms with Gasteiger partial charge in [-0.25, -0.2) is 4.39 Å². The van der Waals surface area contributed by atoms with Crippen LogP contribution >= 0.6 is 0 Å². The van der Waals surface area contributed by atoms with Gasteiger partial charge in [-0.3, -0.25) is 0 Å². The summed E-state index contributed by atoms with van der Waals surface area (Å²) in [5.41, 5.74) is 0.493. The predicted octanol–water partition coefficient (Wildman–Crippen LogP) is 1.29. The molecule has 0 spiro atoms. The first-order valence-corrected chi connectivity index (χ1v) is 2.48. The molecule has 0 amide bonds. The average molecular weight is 124 g/mol. The minimum Gasteiger partial charge on any atom is -0.325 e. The van der Waals surface area contributed by atoms with E-state index in [4.69, 9.17) is 5.26 Å². The summed E-state index contributed by atoms with van der Waals surface area (Å²) in [7, 11) is 0. The molecule has 0 unspecified atom stereocenters. The highest BCUT2D eigenvalue weighted by Crippen LogP contribution is 1.98. The molecule has 1 heterocycles. The highest BCUT2D eigenvalue weighted by atomic mass is 19.1. The van der Waals surface area contributed by atoms with Crippen molar-refractivity contribution in [2.24, 2.45) is 0 Å². The SMILES string of the molecule is N#Cc1ccn(CF)c1. The molecule has 0 saturated heterocycles. The number of hydrogen-bond donors (Lipinski definition) is 0. The van der Waals surface area contributed by atoms with Gasteiger partial charge in [0.2, 0.25) is 0 Å². The molecule has 46 valence electrons. The number of nitriles is 1. The van der Waals surface area contributed by atoms with E-state index >= 15 is 0 Å². The number of hydrogen-bond acceptors (Lipinski definition) is 1. The Labute approximate surface area is 52.1 Å². The van der Waals surface area contributed by atoms with E-state index < -0.39 is 6.80 Å². The minimum absolute atomic E-state index is 0.493. The van der Waals surface area contributed by atoms with E-state index in [1.807, 2.05) is 6.07 Å². The zero-order valence-electron chi connectivity index (χ0n) is 4.71. The van der Waals surface area contributed by atoms with Crippen molar-refractivity contribution in [3.63, 3.8) is 0 Å². The molecule has 0 saturated carbocycles. The van der Waals surface area contributed by atoms with Crippen LogP contribution in [0.1, 0.15) is 5.56 Å². The van der Waals surface area contributed by atoms with Gasteiger partial charge in [-0.15, -0.1) is 0 Å². The topological polar surface area (TPSA) is 28.7 Å². The van der Waals surface area contributed by atoms with Crippen LogP contribution in [0.25, 0.3) is 0 Å². The maximum Gasteiger partial charge on any atom is 0.165 e. The maximum absolute atomic E-state index is 11.7. The van der Waals surface area contributed by atoms with E-state index in [1.165, 1.54) is 17.0 Å². The quantitative estimate of drug-likeness (QED) is 0.554. The number of halogens is 1. The first-order chi connectivity index (χ1) is 4.36. The molecule has 1 aromatic heterocycles. The second-order valence-corrected chi connectivity index (χ2v) is 1.65. The lowest BCUT2D eigenvalue weighted by Gasteiger charge is -1.87. The van der Waals surface area contributed by atoms with Gasteiger partial charge in [-0.1, -0.05) is 0 Å². The molecule has 0 fully saturated rings. The van der Waals surface area contributed by atoms with Crippen molar-refractivity contribution in [2.75, 3.05) is 0 Å². The van der Waals surface area contributed by atoms with E-state index in [2.05, 4.69) is 0 Å². The molecule has 0 bridgehead atoms. The summed E-state index contributed by atoms with van der Waals surface area (Å²) in [6, 6.07) is 3.46. The molecule has 9 heavy (non-hydrogen) atoms. The van der Waals surface area contributed by atoms with Gasteiger partial charge in [-0.05, 0) is 6.07 Å². The molecule has 3 heteroatoms. The summed E-state index contributed by atoms with van der Waals surface area (Å²) in [6.45, 7) is -0.568. The van der Waals surface area contributed by atoms with Gasteiger partial charge in [0.05, 0.1) is 5.56 Å². The summed E-state index contributed by atoms with van der Waals surface area (Å²) >= 11 is 0. The first-order valence-electron chi connectivity index (χ1n) is 2.48. The van der Waals surface area contributed by atoms with Crippen molar-refractivity contribution >= 4 is 0 Å².